The highest BCUT2D eigenvalue weighted by Gasteiger charge is 2.42. The third-order valence-electron chi connectivity index (χ3n) is 11.0. The number of benzene rings is 1. The molecule has 0 saturated carbocycles. The first-order chi connectivity index (χ1) is 19.5. The van der Waals surface area contributed by atoms with Crippen LogP contribution in [0.5, 0.6) is 0 Å². The Morgan fingerprint density at radius 2 is 1.93 bits per heavy atom. The fraction of sp³-hybridized carbons (Fsp3) is 0.528. The molecule has 1 saturated heterocycles. The van der Waals surface area contributed by atoms with Gasteiger partial charge in [0.2, 0.25) is 0 Å². The second-order valence-electron chi connectivity index (χ2n) is 14.1. The van der Waals surface area contributed by atoms with E-state index in [2.05, 4.69) is 86.4 Å². The maximum Gasteiger partial charge on any atom is 0.125 e. The van der Waals surface area contributed by atoms with Crippen LogP contribution in [0.25, 0.3) is 0 Å². The predicted octanol–water partition coefficient (Wildman–Crippen LogP) is 8.51. The van der Waals surface area contributed by atoms with Crippen molar-refractivity contribution in [3.63, 3.8) is 0 Å². The summed E-state index contributed by atoms with van der Waals surface area (Å²) in [4.78, 5) is 9.42. The van der Waals surface area contributed by atoms with Crippen molar-refractivity contribution in [1.82, 2.24) is 14.5 Å². The average molecular weight is 555 g/mol. The summed E-state index contributed by atoms with van der Waals surface area (Å²) in [5, 5.41) is 0. The Bertz CT molecular complexity index is 1400. The van der Waals surface area contributed by atoms with E-state index in [0.29, 0.717) is 23.3 Å². The van der Waals surface area contributed by atoms with Crippen LogP contribution in [0.2, 0.25) is 0 Å². The summed E-state index contributed by atoms with van der Waals surface area (Å²) in [6, 6.07) is 8.76. The van der Waals surface area contributed by atoms with Gasteiger partial charge in [0, 0.05) is 60.2 Å². The fourth-order valence-corrected chi connectivity index (χ4v) is 7.63. The highest BCUT2D eigenvalue weighted by molar-refractivity contribution is 5.55. The molecule has 0 radical (unpaired) electrons. The van der Waals surface area contributed by atoms with Gasteiger partial charge in [-0.3, -0.25) is 0 Å². The van der Waals surface area contributed by atoms with E-state index in [9.17, 15) is 0 Å². The van der Waals surface area contributed by atoms with Crippen LogP contribution in [0, 0.1) is 16.7 Å². The number of nitrogens with zero attached hydrogens (tertiary/aromatic N) is 4. The number of rotatable bonds is 9. The van der Waals surface area contributed by atoms with Crippen LogP contribution >= 0.6 is 0 Å². The largest absolute Gasteiger partial charge is 0.370 e. The Morgan fingerprint density at radius 1 is 1.20 bits per heavy atom. The maximum atomic E-state index is 15.6. The van der Waals surface area contributed by atoms with Crippen molar-refractivity contribution in [2.45, 2.75) is 85.2 Å². The molecule has 4 heterocycles. The van der Waals surface area contributed by atoms with Gasteiger partial charge in [0.25, 0.3) is 0 Å². The van der Waals surface area contributed by atoms with Crippen LogP contribution in [0.1, 0.15) is 89.2 Å². The number of hydrogen-bond donors (Lipinski definition) is 0. The second-order valence-corrected chi connectivity index (χ2v) is 14.1. The summed E-state index contributed by atoms with van der Waals surface area (Å²) in [7, 11) is 0. The Kier molecular flexibility index (Phi) is 7.07. The van der Waals surface area contributed by atoms with Crippen molar-refractivity contribution in [1.29, 1.82) is 0 Å². The molecule has 1 aliphatic carbocycles. The zero-order chi connectivity index (χ0) is 29.1. The lowest BCUT2D eigenvalue weighted by Gasteiger charge is -2.52. The number of allylic oxidation sites excluding steroid dienone is 2. The highest BCUT2D eigenvalue weighted by Crippen LogP contribution is 2.48. The molecule has 5 heteroatoms. The van der Waals surface area contributed by atoms with E-state index in [1.165, 1.54) is 24.2 Å². The first kappa shape index (κ1) is 28.1. The van der Waals surface area contributed by atoms with Crippen LogP contribution in [-0.2, 0) is 13.0 Å². The highest BCUT2D eigenvalue weighted by atomic mass is 19.1. The molecule has 1 aromatic heterocycles. The summed E-state index contributed by atoms with van der Waals surface area (Å²) in [5.41, 5.74) is 8.25. The average Bonchev–Trinajstić information content (AvgIpc) is 3.65. The lowest BCUT2D eigenvalue weighted by atomic mass is 9.67. The van der Waals surface area contributed by atoms with Gasteiger partial charge in [0.05, 0.1) is 18.1 Å². The fourth-order valence-electron chi connectivity index (χ4n) is 7.63. The molecule has 218 valence electrons. The molecule has 4 aliphatic rings. The van der Waals surface area contributed by atoms with Gasteiger partial charge in [-0.2, -0.15) is 0 Å². The zero-order valence-corrected chi connectivity index (χ0v) is 25.7. The van der Waals surface area contributed by atoms with Crippen LogP contribution in [0.4, 0.5) is 10.1 Å². The molecule has 4 nitrogen and oxygen atoms in total. The topological polar surface area (TPSA) is 24.3 Å². The molecule has 0 N–H and O–H groups in total. The van der Waals surface area contributed by atoms with Crippen LogP contribution < -0.4 is 4.90 Å². The van der Waals surface area contributed by atoms with Gasteiger partial charge < -0.3 is 14.4 Å². The number of anilines is 1. The molecule has 0 bridgehead atoms. The zero-order valence-electron chi connectivity index (χ0n) is 25.7. The monoisotopic (exact) mass is 554 g/mol. The molecule has 41 heavy (non-hydrogen) atoms. The number of halogens is 1. The maximum absolute atomic E-state index is 15.6. The SMILES string of the molecule is C=CC(c1ncn2c1CCC2)N1CC2=C(CC(c3ccc(N4CC(C)(CC(C)C(C)(C)CC)C4)cc3)C=C2F)C1=C. The van der Waals surface area contributed by atoms with E-state index in [1.807, 2.05) is 18.5 Å². The minimum Gasteiger partial charge on any atom is -0.370 e. The van der Waals surface area contributed by atoms with E-state index in [-0.39, 0.29) is 17.8 Å². The first-order valence-corrected chi connectivity index (χ1v) is 15.6. The van der Waals surface area contributed by atoms with Gasteiger partial charge in [-0.15, -0.1) is 6.58 Å². The summed E-state index contributed by atoms with van der Waals surface area (Å²) >= 11 is 0. The normalized spacial score (nSPS) is 23.2. The number of fused-ring (bicyclic) bond motifs is 1. The Hall–Kier alpha value is -3.08. The van der Waals surface area contributed by atoms with Gasteiger partial charge in [-0.25, -0.2) is 9.37 Å². The van der Waals surface area contributed by atoms with Gasteiger partial charge in [-0.1, -0.05) is 65.8 Å². The minimum absolute atomic E-state index is 0.0114. The van der Waals surface area contributed by atoms with E-state index in [0.717, 1.165) is 67.0 Å². The predicted molar refractivity (Wildman–Crippen MR) is 168 cm³/mol. The van der Waals surface area contributed by atoms with Crippen LogP contribution in [0.3, 0.4) is 0 Å². The first-order valence-electron chi connectivity index (χ1n) is 15.6. The summed E-state index contributed by atoms with van der Waals surface area (Å²) in [6.07, 6.45) is 11.1. The van der Waals surface area contributed by atoms with Gasteiger partial charge >= 0.3 is 0 Å². The standard InChI is InChI=1S/C36H47FN4/c1-8-32(34-33-11-10-16-39(33)23-38-34)41-20-30-29(25(41)4)17-27(18-31(30)37)26-12-14-28(15-13-26)40-21-36(7,22-40)19-24(3)35(5,6)9-2/h8,12-15,18,23-24,27,32H,1,4,9-11,16-17,19-22H2,2-3,5-7H3. The van der Waals surface area contributed by atoms with Crippen molar-refractivity contribution in [3.05, 3.63) is 95.5 Å². The smallest absolute Gasteiger partial charge is 0.125 e. The van der Waals surface area contributed by atoms with Crippen molar-refractivity contribution in [3.8, 4) is 0 Å². The molecule has 3 atom stereocenters. The van der Waals surface area contributed by atoms with E-state index < -0.39 is 0 Å². The van der Waals surface area contributed by atoms with Gasteiger partial charge in [0.15, 0.2) is 0 Å². The number of aromatic nitrogens is 2. The molecule has 0 spiro atoms. The van der Waals surface area contributed by atoms with Crippen molar-refractivity contribution < 1.29 is 4.39 Å². The van der Waals surface area contributed by atoms with Gasteiger partial charge in [0.1, 0.15) is 5.83 Å². The molecule has 0 amide bonds. The van der Waals surface area contributed by atoms with Crippen molar-refractivity contribution in [2.24, 2.45) is 16.7 Å². The molecule has 1 aromatic carbocycles. The number of imidazole rings is 1. The number of aryl methyl sites for hydroxylation is 1. The molecule has 1 fully saturated rings. The second kappa shape index (κ2) is 10.3. The molecule has 2 aromatic rings. The third kappa shape index (κ3) is 4.89. The van der Waals surface area contributed by atoms with E-state index >= 15 is 4.39 Å². The summed E-state index contributed by atoms with van der Waals surface area (Å²) in [5.74, 6) is 0.611. The van der Waals surface area contributed by atoms with Crippen molar-refractivity contribution in [2.75, 3.05) is 24.5 Å². The molecule has 3 unspecified atom stereocenters. The van der Waals surface area contributed by atoms with Crippen LogP contribution in [0.15, 0.2) is 78.6 Å². The van der Waals surface area contributed by atoms with Crippen LogP contribution in [-0.4, -0.2) is 34.1 Å². The summed E-state index contributed by atoms with van der Waals surface area (Å²) < 4.78 is 17.8. The number of hydrogen-bond acceptors (Lipinski definition) is 3. The lowest BCUT2D eigenvalue weighted by Crippen LogP contribution is -2.56. The lowest BCUT2D eigenvalue weighted by molar-refractivity contribution is 0.114. The third-order valence-corrected chi connectivity index (χ3v) is 11.0. The quantitative estimate of drug-likeness (QED) is 0.290. The minimum atomic E-state index is -0.107. The Labute approximate surface area is 246 Å². The van der Waals surface area contributed by atoms with Crippen molar-refractivity contribution >= 4 is 5.69 Å². The molecular formula is C36H47FN4. The molecular weight excluding hydrogens is 507 g/mol. The van der Waals surface area contributed by atoms with E-state index in [4.69, 9.17) is 4.98 Å². The summed E-state index contributed by atoms with van der Waals surface area (Å²) in [6.45, 7) is 24.3. The Balaban J connectivity index is 1.11. The Morgan fingerprint density at radius 3 is 2.61 bits per heavy atom. The molecule has 3 aliphatic heterocycles. The van der Waals surface area contributed by atoms with Gasteiger partial charge in [-0.05, 0) is 66.4 Å². The van der Waals surface area contributed by atoms with E-state index in [1.54, 1.807) is 0 Å². The molecule has 6 rings (SSSR count).